The number of aliphatic carboxylic acids is 1. The number of hydrogen-bond donors (Lipinski definition) is 2. The number of carboxylic acids is 1. The lowest BCUT2D eigenvalue weighted by Crippen LogP contribution is -2.29. The maximum absolute atomic E-state index is 11.6. The molecule has 0 bridgehead atoms. The molecular weight excluding hydrogens is 246 g/mol. The Hall–Kier alpha value is -1.85. The van der Waals surface area contributed by atoms with Crippen molar-refractivity contribution in [1.29, 1.82) is 0 Å². The Balaban J connectivity index is 2.15. The molecule has 0 fully saturated rings. The van der Waals surface area contributed by atoms with Gasteiger partial charge < -0.3 is 10.4 Å². The molecule has 0 aromatic carbocycles. The SMILES string of the molecule is Cc1cc(C)n(CC(=O)NCCCCCC(=O)O)n1. The first kappa shape index (κ1) is 15.2. The Morgan fingerprint density at radius 3 is 2.63 bits per heavy atom. The van der Waals surface area contributed by atoms with Gasteiger partial charge in [-0.15, -0.1) is 0 Å². The van der Waals surface area contributed by atoms with Gasteiger partial charge in [-0.2, -0.15) is 5.10 Å². The summed E-state index contributed by atoms with van der Waals surface area (Å²) in [6.07, 6.45) is 2.46. The van der Waals surface area contributed by atoms with Crippen molar-refractivity contribution in [2.75, 3.05) is 6.54 Å². The third-order valence-electron chi connectivity index (χ3n) is 2.79. The number of carbonyl (C=O) groups is 2. The van der Waals surface area contributed by atoms with Crippen LogP contribution >= 0.6 is 0 Å². The van der Waals surface area contributed by atoms with Crippen molar-refractivity contribution in [3.05, 3.63) is 17.5 Å². The molecule has 1 rings (SSSR count). The van der Waals surface area contributed by atoms with E-state index in [-0.39, 0.29) is 18.9 Å². The fourth-order valence-electron chi connectivity index (χ4n) is 1.83. The number of rotatable bonds is 8. The standard InChI is InChI=1S/C13H21N3O3/c1-10-8-11(2)16(15-10)9-12(17)14-7-5-3-4-6-13(18)19/h8H,3-7,9H2,1-2H3,(H,14,17)(H,18,19). The van der Waals surface area contributed by atoms with Gasteiger partial charge in [0.05, 0.1) is 5.69 Å². The first-order valence-corrected chi connectivity index (χ1v) is 6.48. The molecule has 1 aromatic heterocycles. The zero-order valence-corrected chi connectivity index (χ0v) is 11.5. The van der Waals surface area contributed by atoms with E-state index in [1.165, 1.54) is 0 Å². The molecule has 1 aromatic rings. The van der Waals surface area contributed by atoms with E-state index in [9.17, 15) is 9.59 Å². The highest BCUT2D eigenvalue weighted by molar-refractivity contribution is 5.75. The van der Waals surface area contributed by atoms with Gasteiger partial charge in [0.15, 0.2) is 0 Å². The van der Waals surface area contributed by atoms with Crippen molar-refractivity contribution in [3.63, 3.8) is 0 Å². The molecule has 0 saturated heterocycles. The van der Waals surface area contributed by atoms with Crippen LogP contribution in [-0.4, -0.2) is 33.3 Å². The van der Waals surface area contributed by atoms with Crippen molar-refractivity contribution in [2.45, 2.75) is 46.1 Å². The summed E-state index contributed by atoms with van der Waals surface area (Å²) in [6.45, 7) is 4.62. The van der Waals surface area contributed by atoms with Gasteiger partial charge in [-0.1, -0.05) is 6.42 Å². The molecule has 2 N–H and O–H groups in total. The molecule has 0 saturated carbocycles. The van der Waals surface area contributed by atoms with E-state index < -0.39 is 5.97 Å². The zero-order valence-electron chi connectivity index (χ0n) is 11.5. The first-order chi connectivity index (χ1) is 8.99. The number of hydrogen-bond acceptors (Lipinski definition) is 3. The van der Waals surface area contributed by atoms with E-state index in [0.29, 0.717) is 13.0 Å². The van der Waals surface area contributed by atoms with Crippen LogP contribution in [-0.2, 0) is 16.1 Å². The smallest absolute Gasteiger partial charge is 0.303 e. The Bertz CT molecular complexity index is 440. The highest BCUT2D eigenvalue weighted by atomic mass is 16.4. The molecule has 0 spiro atoms. The maximum Gasteiger partial charge on any atom is 0.303 e. The Morgan fingerprint density at radius 2 is 2.05 bits per heavy atom. The number of amides is 1. The van der Waals surface area contributed by atoms with Crippen LogP contribution in [0.5, 0.6) is 0 Å². The topological polar surface area (TPSA) is 84.2 Å². The lowest BCUT2D eigenvalue weighted by molar-refractivity contribution is -0.137. The van der Waals surface area contributed by atoms with E-state index in [4.69, 9.17) is 5.11 Å². The molecule has 0 radical (unpaired) electrons. The molecule has 0 aliphatic heterocycles. The van der Waals surface area contributed by atoms with Gasteiger partial charge in [-0.3, -0.25) is 14.3 Å². The third kappa shape index (κ3) is 6.03. The lowest BCUT2D eigenvalue weighted by Gasteiger charge is -2.06. The highest BCUT2D eigenvalue weighted by Crippen LogP contribution is 2.01. The van der Waals surface area contributed by atoms with Crippen LogP contribution in [0.1, 0.15) is 37.1 Å². The van der Waals surface area contributed by atoms with E-state index in [1.807, 2.05) is 19.9 Å². The Labute approximate surface area is 112 Å². The van der Waals surface area contributed by atoms with E-state index in [1.54, 1.807) is 4.68 Å². The number of nitrogens with zero attached hydrogens (tertiary/aromatic N) is 2. The van der Waals surface area contributed by atoms with Crippen LogP contribution in [0, 0.1) is 13.8 Å². The quantitative estimate of drug-likeness (QED) is 0.694. The number of aromatic nitrogens is 2. The summed E-state index contributed by atoms with van der Waals surface area (Å²) >= 11 is 0. The van der Waals surface area contributed by atoms with Gasteiger partial charge in [-0.05, 0) is 32.8 Å². The Morgan fingerprint density at radius 1 is 1.32 bits per heavy atom. The average Bonchev–Trinajstić information content (AvgIpc) is 2.62. The van der Waals surface area contributed by atoms with Gasteiger partial charge in [-0.25, -0.2) is 0 Å². The molecule has 0 aliphatic rings. The summed E-state index contributed by atoms with van der Waals surface area (Å²) in [5, 5.41) is 15.5. The fourth-order valence-corrected chi connectivity index (χ4v) is 1.83. The summed E-state index contributed by atoms with van der Waals surface area (Å²) in [5.74, 6) is -0.835. The summed E-state index contributed by atoms with van der Waals surface area (Å²) in [7, 11) is 0. The number of nitrogens with one attached hydrogen (secondary N) is 1. The normalized spacial score (nSPS) is 10.4. The van der Waals surface area contributed by atoms with Gasteiger partial charge >= 0.3 is 5.97 Å². The van der Waals surface area contributed by atoms with Crippen LogP contribution in [0.25, 0.3) is 0 Å². The monoisotopic (exact) mass is 267 g/mol. The molecule has 0 atom stereocenters. The van der Waals surface area contributed by atoms with Crippen LogP contribution < -0.4 is 5.32 Å². The molecule has 19 heavy (non-hydrogen) atoms. The number of carboxylic acid groups (broad SMARTS) is 1. The predicted molar refractivity (Wildman–Crippen MR) is 70.8 cm³/mol. The average molecular weight is 267 g/mol. The minimum absolute atomic E-state index is 0.0653. The highest BCUT2D eigenvalue weighted by Gasteiger charge is 2.06. The molecular formula is C13H21N3O3. The second-order valence-electron chi connectivity index (χ2n) is 4.64. The van der Waals surface area contributed by atoms with Crippen LogP contribution in [0.15, 0.2) is 6.07 Å². The van der Waals surface area contributed by atoms with Crippen molar-refractivity contribution >= 4 is 11.9 Å². The minimum Gasteiger partial charge on any atom is -0.481 e. The van der Waals surface area contributed by atoms with E-state index in [0.717, 1.165) is 24.2 Å². The van der Waals surface area contributed by atoms with Crippen molar-refractivity contribution < 1.29 is 14.7 Å². The molecule has 6 nitrogen and oxygen atoms in total. The van der Waals surface area contributed by atoms with Crippen LogP contribution in [0.4, 0.5) is 0 Å². The van der Waals surface area contributed by atoms with E-state index >= 15 is 0 Å². The predicted octanol–water partition coefficient (Wildman–Crippen LogP) is 1.26. The summed E-state index contributed by atoms with van der Waals surface area (Å²) in [4.78, 5) is 21.9. The molecule has 0 aliphatic carbocycles. The second kappa shape index (κ2) is 7.56. The zero-order chi connectivity index (χ0) is 14.3. The van der Waals surface area contributed by atoms with E-state index in [2.05, 4.69) is 10.4 Å². The molecule has 1 heterocycles. The Kier molecular flexibility index (Phi) is 6.05. The number of aryl methyl sites for hydroxylation is 2. The van der Waals surface area contributed by atoms with Gasteiger partial charge in [0, 0.05) is 18.7 Å². The number of unbranched alkanes of at least 4 members (excludes halogenated alkanes) is 2. The molecule has 6 heteroatoms. The molecule has 1 amide bonds. The number of carbonyl (C=O) groups excluding carboxylic acids is 1. The van der Waals surface area contributed by atoms with Gasteiger partial charge in [0.1, 0.15) is 6.54 Å². The van der Waals surface area contributed by atoms with Crippen molar-refractivity contribution in [1.82, 2.24) is 15.1 Å². The maximum atomic E-state index is 11.6. The first-order valence-electron chi connectivity index (χ1n) is 6.48. The van der Waals surface area contributed by atoms with Crippen LogP contribution in [0.2, 0.25) is 0 Å². The largest absolute Gasteiger partial charge is 0.481 e. The van der Waals surface area contributed by atoms with Gasteiger partial charge in [0.2, 0.25) is 5.91 Å². The lowest BCUT2D eigenvalue weighted by atomic mass is 10.2. The third-order valence-corrected chi connectivity index (χ3v) is 2.79. The summed E-state index contributed by atoms with van der Waals surface area (Å²) in [5.41, 5.74) is 1.87. The minimum atomic E-state index is -0.770. The summed E-state index contributed by atoms with van der Waals surface area (Å²) in [6, 6.07) is 1.93. The second-order valence-corrected chi connectivity index (χ2v) is 4.64. The molecule has 0 unspecified atom stereocenters. The fraction of sp³-hybridized carbons (Fsp3) is 0.615. The summed E-state index contributed by atoms with van der Waals surface area (Å²) < 4.78 is 1.68. The molecule has 106 valence electrons. The van der Waals surface area contributed by atoms with Crippen molar-refractivity contribution in [3.8, 4) is 0 Å². The van der Waals surface area contributed by atoms with Crippen LogP contribution in [0.3, 0.4) is 0 Å². The van der Waals surface area contributed by atoms with Gasteiger partial charge in [0.25, 0.3) is 0 Å². The van der Waals surface area contributed by atoms with Crippen molar-refractivity contribution in [2.24, 2.45) is 0 Å².